The van der Waals surface area contributed by atoms with E-state index in [9.17, 15) is 0 Å². The summed E-state index contributed by atoms with van der Waals surface area (Å²) >= 11 is 3.44. The van der Waals surface area contributed by atoms with Crippen LogP contribution in [0.2, 0.25) is 0 Å². The van der Waals surface area contributed by atoms with E-state index in [1.54, 1.807) is 4.68 Å². The van der Waals surface area contributed by atoms with Crippen LogP contribution in [0.4, 0.5) is 0 Å². The van der Waals surface area contributed by atoms with Crippen LogP contribution in [0.25, 0.3) is 11.3 Å². The van der Waals surface area contributed by atoms with Crippen LogP contribution in [-0.4, -0.2) is 22.0 Å². The molecule has 1 aromatic heterocycles. The molecule has 0 unspecified atom stereocenters. The lowest BCUT2D eigenvalue weighted by atomic mass is 10.0. The van der Waals surface area contributed by atoms with Gasteiger partial charge in [0.25, 0.3) is 0 Å². The van der Waals surface area contributed by atoms with Gasteiger partial charge in [-0.3, -0.25) is 0 Å². The number of nitrogens with one attached hydrogen (secondary N) is 1. The molecular formula is C12H15BrN4. The van der Waals surface area contributed by atoms with Crippen molar-refractivity contribution in [3.05, 3.63) is 33.9 Å². The highest BCUT2D eigenvalue weighted by Crippen LogP contribution is 2.29. The average molecular weight is 295 g/mol. The van der Waals surface area contributed by atoms with E-state index in [0.29, 0.717) is 0 Å². The first-order valence-corrected chi connectivity index (χ1v) is 6.22. The molecule has 4 nitrogen and oxygen atoms in total. The maximum atomic E-state index is 4.02. The van der Waals surface area contributed by atoms with Gasteiger partial charge < -0.3 is 5.32 Å². The zero-order chi connectivity index (χ0) is 12.4. The fourth-order valence-corrected chi connectivity index (χ4v) is 2.40. The minimum atomic E-state index is 0.782. The van der Waals surface area contributed by atoms with E-state index in [-0.39, 0.29) is 0 Å². The van der Waals surface area contributed by atoms with E-state index in [1.165, 1.54) is 11.1 Å². The van der Waals surface area contributed by atoms with Gasteiger partial charge in [0.15, 0.2) is 4.60 Å². The number of hydrogen-bond donors (Lipinski definition) is 1. The van der Waals surface area contributed by atoms with Gasteiger partial charge in [-0.15, -0.1) is 5.10 Å². The molecule has 0 spiro atoms. The van der Waals surface area contributed by atoms with Crippen LogP contribution < -0.4 is 5.32 Å². The molecule has 0 aliphatic rings. The molecule has 0 bridgehead atoms. The topological polar surface area (TPSA) is 42.7 Å². The highest BCUT2D eigenvalue weighted by atomic mass is 79.9. The summed E-state index contributed by atoms with van der Waals surface area (Å²) in [6, 6.07) is 6.43. The molecule has 0 saturated carbocycles. The van der Waals surface area contributed by atoms with E-state index in [2.05, 4.69) is 56.7 Å². The standard InChI is InChI=1S/C12H15BrN4/c1-8-4-5-9(7-14-2)6-10(8)11-12(13)15-16-17(11)3/h4-6,14H,7H2,1-3H3. The van der Waals surface area contributed by atoms with Gasteiger partial charge in [-0.2, -0.15) is 0 Å². The Bertz CT molecular complexity index is 514. The molecule has 0 radical (unpaired) electrons. The van der Waals surface area contributed by atoms with Crippen molar-refractivity contribution in [2.75, 3.05) is 7.05 Å². The minimum Gasteiger partial charge on any atom is -0.316 e. The van der Waals surface area contributed by atoms with Crippen molar-refractivity contribution in [2.24, 2.45) is 7.05 Å². The molecule has 0 saturated heterocycles. The molecule has 1 N–H and O–H groups in total. The molecule has 0 amide bonds. The summed E-state index contributed by atoms with van der Waals surface area (Å²) in [6.07, 6.45) is 0. The molecule has 1 heterocycles. The molecule has 0 aliphatic carbocycles. The van der Waals surface area contributed by atoms with Crippen LogP contribution in [0.3, 0.4) is 0 Å². The maximum Gasteiger partial charge on any atom is 0.156 e. The first-order chi connectivity index (χ1) is 8.13. The first kappa shape index (κ1) is 12.3. The summed E-state index contributed by atoms with van der Waals surface area (Å²) in [4.78, 5) is 0. The number of aromatic nitrogens is 3. The average Bonchev–Trinajstić information content (AvgIpc) is 2.62. The Labute approximate surface area is 109 Å². The van der Waals surface area contributed by atoms with Crippen LogP contribution in [0.15, 0.2) is 22.8 Å². The van der Waals surface area contributed by atoms with Crippen molar-refractivity contribution < 1.29 is 0 Å². The van der Waals surface area contributed by atoms with Crippen molar-refractivity contribution in [2.45, 2.75) is 13.5 Å². The highest BCUT2D eigenvalue weighted by Gasteiger charge is 2.13. The van der Waals surface area contributed by atoms with Gasteiger partial charge in [0.2, 0.25) is 0 Å². The van der Waals surface area contributed by atoms with Crippen molar-refractivity contribution in [1.82, 2.24) is 20.3 Å². The molecule has 0 atom stereocenters. The zero-order valence-corrected chi connectivity index (χ0v) is 11.7. The fraction of sp³-hybridized carbons (Fsp3) is 0.333. The number of hydrogen-bond acceptors (Lipinski definition) is 3. The van der Waals surface area contributed by atoms with Crippen molar-refractivity contribution in [3.8, 4) is 11.3 Å². The fourth-order valence-electron chi connectivity index (χ4n) is 1.86. The summed E-state index contributed by atoms with van der Waals surface area (Å²) in [6.45, 7) is 2.95. The number of benzene rings is 1. The lowest BCUT2D eigenvalue weighted by Crippen LogP contribution is -2.05. The van der Waals surface area contributed by atoms with Gasteiger partial charge in [-0.1, -0.05) is 17.3 Å². The molecule has 5 heteroatoms. The Morgan fingerprint density at radius 1 is 1.41 bits per heavy atom. The predicted molar refractivity (Wildman–Crippen MR) is 71.6 cm³/mol. The predicted octanol–water partition coefficient (Wildman–Crippen LogP) is 2.27. The van der Waals surface area contributed by atoms with Crippen molar-refractivity contribution in [1.29, 1.82) is 0 Å². The smallest absolute Gasteiger partial charge is 0.156 e. The van der Waals surface area contributed by atoms with E-state index < -0.39 is 0 Å². The third-order valence-corrected chi connectivity index (χ3v) is 3.26. The lowest BCUT2D eigenvalue weighted by molar-refractivity contribution is 0.719. The van der Waals surface area contributed by atoms with E-state index >= 15 is 0 Å². The SMILES string of the molecule is CNCc1ccc(C)c(-c2c(Br)nnn2C)c1. The van der Waals surface area contributed by atoms with Gasteiger partial charge in [0, 0.05) is 19.2 Å². The van der Waals surface area contributed by atoms with Crippen LogP contribution in [-0.2, 0) is 13.6 Å². The summed E-state index contributed by atoms with van der Waals surface area (Å²) in [5, 5.41) is 11.2. The third-order valence-electron chi connectivity index (χ3n) is 2.72. The number of halogens is 1. The second kappa shape index (κ2) is 4.98. The second-order valence-corrected chi connectivity index (χ2v) is 4.78. The Morgan fingerprint density at radius 2 is 2.18 bits per heavy atom. The maximum absolute atomic E-state index is 4.02. The number of aryl methyl sites for hydroxylation is 2. The third kappa shape index (κ3) is 2.40. The summed E-state index contributed by atoms with van der Waals surface area (Å²) < 4.78 is 2.57. The largest absolute Gasteiger partial charge is 0.316 e. The molecule has 2 rings (SSSR count). The quantitative estimate of drug-likeness (QED) is 0.944. The lowest BCUT2D eigenvalue weighted by Gasteiger charge is -2.09. The van der Waals surface area contributed by atoms with Gasteiger partial charge >= 0.3 is 0 Å². The van der Waals surface area contributed by atoms with Crippen LogP contribution in [0.1, 0.15) is 11.1 Å². The molecule has 17 heavy (non-hydrogen) atoms. The number of rotatable bonds is 3. The Balaban J connectivity index is 2.54. The summed E-state index contributed by atoms with van der Waals surface area (Å²) in [5.41, 5.74) is 4.65. The molecule has 1 aromatic carbocycles. The number of nitrogens with zero attached hydrogens (tertiary/aromatic N) is 3. The van der Waals surface area contributed by atoms with Gasteiger partial charge in [0.1, 0.15) is 5.69 Å². The van der Waals surface area contributed by atoms with Gasteiger partial charge in [-0.05, 0) is 47.1 Å². The van der Waals surface area contributed by atoms with E-state index in [1.807, 2.05) is 14.1 Å². The van der Waals surface area contributed by atoms with Gasteiger partial charge in [-0.25, -0.2) is 4.68 Å². The first-order valence-electron chi connectivity index (χ1n) is 5.43. The molecule has 90 valence electrons. The Kier molecular flexibility index (Phi) is 3.59. The normalized spacial score (nSPS) is 10.8. The van der Waals surface area contributed by atoms with Crippen LogP contribution >= 0.6 is 15.9 Å². The Hall–Kier alpha value is -1.20. The molecule has 2 aromatic rings. The molecule has 0 aliphatic heterocycles. The zero-order valence-electron chi connectivity index (χ0n) is 10.2. The molecular weight excluding hydrogens is 280 g/mol. The van der Waals surface area contributed by atoms with E-state index in [4.69, 9.17) is 0 Å². The monoisotopic (exact) mass is 294 g/mol. The van der Waals surface area contributed by atoms with E-state index in [0.717, 1.165) is 22.4 Å². The summed E-state index contributed by atoms with van der Waals surface area (Å²) in [5.74, 6) is 0. The van der Waals surface area contributed by atoms with Crippen LogP contribution in [0.5, 0.6) is 0 Å². The van der Waals surface area contributed by atoms with Crippen molar-refractivity contribution >= 4 is 15.9 Å². The van der Waals surface area contributed by atoms with Crippen molar-refractivity contribution in [3.63, 3.8) is 0 Å². The Morgan fingerprint density at radius 3 is 2.76 bits per heavy atom. The molecule has 0 fully saturated rings. The van der Waals surface area contributed by atoms with Gasteiger partial charge in [0.05, 0.1) is 0 Å². The minimum absolute atomic E-state index is 0.782. The second-order valence-electron chi connectivity index (χ2n) is 4.03. The van der Waals surface area contributed by atoms with Crippen LogP contribution in [0, 0.1) is 6.92 Å². The highest BCUT2D eigenvalue weighted by molar-refractivity contribution is 9.10. The summed E-state index contributed by atoms with van der Waals surface area (Å²) in [7, 11) is 3.85.